The molecule has 0 aliphatic carbocycles. The third kappa shape index (κ3) is 4.17. The molecule has 0 unspecified atom stereocenters. The Morgan fingerprint density at radius 1 is 1.11 bits per heavy atom. The zero-order valence-electron chi connectivity index (χ0n) is 13.8. The number of anilines is 3. The quantitative estimate of drug-likeness (QED) is 0.518. The Balaban J connectivity index is 2.02. The molecule has 8 nitrogen and oxygen atoms in total. The molecule has 5 N–H and O–H groups in total. The fraction of sp³-hybridized carbons (Fsp3) is 0.0625. The normalized spacial score (nSPS) is 11.3. The monoisotopic (exact) mass is 453 g/mol. The number of alkyl halides is 3. The van der Waals surface area contributed by atoms with Crippen LogP contribution in [0, 0.1) is 0 Å². The lowest BCUT2D eigenvalue weighted by Gasteiger charge is -2.13. The van der Waals surface area contributed by atoms with Gasteiger partial charge in [-0.2, -0.15) is 13.2 Å². The number of nitrogens with two attached hydrogens (primary N) is 2. The molecule has 0 fully saturated rings. The molecule has 28 heavy (non-hydrogen) atoms. The van der Waals surface area contributed by atoms with E-state index in [0.717, 1.165) is 6.07 Å². The van der Waals surface area contributed by atoms with Gasteiger partial charge in [0.05, 0.1) is 23.3 Å². The topological polar surface area (TPSA) is 133 Å². The molecule has 3 rings (SSSR count). The summed E-state index contributed by atoms with van der Waals surface area (Å²) >= 11 is 3.14. The number of halogens is 4. The van der Waals surface area contributed by atoms with Crippen LogP contribution >= 0.6 is 15.9 Å². The van der Waals surface area contributed by atoms with Crippen LogP contribution in [0.4, 0.5) is 30.4 Å². The van der Waals surface area contributed by atoms with E-state index in [2.05, 4.69) is 41.2 Å². The number of nitrogens with one attached hydrogen (secondary N) is 1. The molecule has 3 aromatic rings. The van der Waals surface area contributed by atoms with Crippen LogP contribution in [0.1, 0.15) is 16.3 Å². The predicted molar refractivity (Wildman–Crippen MR) is 99.0 cm³/mol. The van der Waals surface area contributed by atoms with E-state index < -0.39 is 17.9 Å². The standard InChI is InChI=1S/C16H11BrF3N7O/c17-11-2-1-8(21)13(26-11)14(28)24-10-6-23-4-3-7(10)9-5-12(22)27-15(25-9)16(18,19)20/h1-6H,21H2,(H,24,28)(H2,22,25,27). The molecule has 0 saturated heterocycles. The van der Waals surface area contributed by atoms with Gasteiger partial charge in [-0.3, -0.25) is 9.78 Å². The van der Waals surface area contributed by atoms with Crippen LogP contribution in [0.25, 0.3) is 11.3 Å². The molecule has 0 atom stereocenters. The molecule has 1 amide bonds. The largest absolute Gasteiger partial charge is 0.451 e. The second kappa shape index (κ2) is 7.38. The molecular formula is C16H11BrF3N7O. The van der Waals surface area contributed by atoms with Crippen LogP contribution in [-0.4, -0.2) is 25.8 Å². The summed E-state index contributed by atoms with van der Waals surface area (Å²) in [6, 6.07) is 5.59. The second-order valence-electron chi connectivity index (χ2n) is 5.45. The number of carbonyl (C=O) groups is 1. The molecule has 144 valence electrons. The lowest BCUT2D eigenvalue weighted by molar-refractivity contribution is -0.144. The van der Waals surface area contributed by atoms with Crippen molar-refractivity contribution in [1.29, 1.82) is 0 Å². The van der Waals surface area contributed by atoms with Crippen LogP contribution in [0.2, 0.25) is 0 Å². The van der Waals surface area contributed by atoms with E-state index in [1.807, 2.05) is 0 Å². The Morgan fingerprint density at radius 3 is 2.57 bits per heavy atom. The Morgan fingerprint density at radius 2 is 1.86 bits per heavy atom. The lowest BCUT2D eigenvalue weighted by Crippen LogP contribution is -2.17. The smallest absolute Gasteiger partial charge is 0.397 e. The maximum atomic E-state index is 13.0. The van der Waals surface area contributed by atoms with Gasteiger partial charge in [-0.15, -0.1) is 0 Å². The summed E-state index contributed by atoms with van der Waals surface area (Å²) in [5, 5.41) is 2.52. The molecule has 3 aromatic heterocycles. The zero-order valence-corrected chi connectivity index (χ0v) is 15.4. The van der Waals surface area contributed by atoms with E-state index in [-0.39, 0.29) is 34.1 Å². The first kappa shape index (κ1) is 19.5. The van der Waals surface area contributed by atoms with Crippen molar-refractivity contribution in [3.05, 3.63) is 52.8 Å². The number of hydrogen-bond acceptors (Lipinski definition) is 7. The van der Waals surface area contributed by atoms with Crippen LogP contribution in [0.3, 0.4) is 0 Å². The maximum absolute atomic E-state index is 13.0. The minimum absolute atomic E-state index is 0.0673. The molecule has 0 saturated carbocycles. The van der Waals surface area contributed by atoms with Crippen molar-refractivity contribution < 1.29 is 18.0 Å². The Kier molecular flexibility index (Phi) is 5.14. The van der Waals surface area contributed by atoms with E-state index in [1.54, 1.807) is 6.07 Å². The number of hydrogen-bond donors (Lipinski definition) is 3. The molecule has 0 aliphatic rings. The summed E-state index contributed by atoms with van der Waals surface area (Å²) in [5.74, 6) is -2.44. The molecule has 3 heterocycles. The summed E-state index contributed by atoms with van der Waals surface area (Å²) < 4.78 is 39.4. The van der Waals surface area contributed by atoms with E-state index in [1.165, 1.54) is 24.5 Å². The summed E-state index contributed by atoms with van der Waals surface area (Å²) in [4.78, 5) is 27.1. The number of aromatic nitrogens is 4. The van der Waals surface area contributed by atoms with Gasteiger partial charge in [0.1, 0.15) is 10.4 Å². The summed E-state index contributed by atoms with van der Waals surface area (Å²) in [7, 11) is 0. The molecular weight excluding hydrogens is 443 g/mol. The number of rotatable bonds is 3. The Hall–Kier alpha value is -3.28. The lowest BCUT2D eigenvalue weighted by atomic mass is 10.1. The fourth-order valence-corrected chi connectivity index (χ4v) is 2.57. The molecule has 0 aliphatic heterocycles. The first-order valence-electron chi connectivity index (χ1n) is 7.54. The molecule has 0 aromatic carbocycles. The first-order chi connectivity index (χ1) is 13.1. The third-order valence-corrected chi connectivity index (χ3v) is 3.89. The van der Waals surface area contributed by atoms with Crippen molar-refractivity contribution in [2.24, 2.45) is 0 Å². The van der Waals surface area contributed by atoms with Crippen molar-refractivity contribution in [3.63, 3.8) is 0 Å². The van der Waals surface area contributed by atoms with Gasteiger partial charge in [0.2, 0.25) is 5.82 Å². The van der Waals surface area contributed by atoms with Crippen LogP contribution < -0.4 is 16.8 Å². The highest BCUT2D eigenvalue weighted by Gasteiger charge is 2.35. The number of amides is 1. The predicted octanol–water partition coefficient (Wildman–Crippen LogP) is 3.13. The van der Waals surface area contributed by atoms with E-state index in [4.69, 9.17) is 11.5 Å². The van der Waals surface area contributed by atoms with Crippen molar-refractivity contribution in [2.75, 3.05) is 16.8 Å². The number of nitrogen functional groups attached to an aromatic ring is 2. The van der Waals surface area contributed by atoms with Crippen LogP contribution in [-0.2, 0) is 6.18 Å². The Labute approximate surface area is 164 Å². The van der Waals surface area contributed by atoms with E-state index in [0.29, 0.717) is 4.60 Å². The Bertz CT molecular complexity index is 1060. The minimum Gasteiger partial charge on any atom is -0.397 e. The summed E-state index contributed by atoms with van der Waals surface area (Å²) in [5.41, 5.74) is 11.4. The average Bonchev–Trinajstić information content (AvgIpc) is 2.63. The van der Waals surface area contributed by atoms with Gasteiger partial charge in [-0.05, 0) is 34.1 Å². The van der Waals surface area contributed by atoms with Crippen molar-refractivity contribution >= 4 is 39.0 Å². The molecule has 0 spiro atoms. The van der Waals surface area contributed by atoms with Gasteiger partial charge in [-0.1, -0.05) is 0 Å². The van der Waals surface area contributed by atoms with Gasteiger partial charge >= 0.3 is 6.18 Å². The molecule has 12 heteroatoms. The second-order valence-corrected chi connectivity index (χ2v) is 6.26. The van der Waals surface area contributed by atoms with E-state index in [9.17, 15) is 18.0 Å². The zero-order chi connectivity index (χ0) is 20.5. The number of pyridine rings is 2. The van der Waals surface area contributed by atoms with E-state index >= 15 is 0 Å². The van der Waals surface area contributed by atoms with Crippen molar-refractivity contribution in [3.8, 4) is 11.3 Å². The average molecular weight is 454 g/mol. The van der Waals surface area contributed by atoms with Gasteiger partial charge in [-0.25, -0.2) is 15.0 Å². The summed E-state index contributed by atoms with van der Waals surface area (Å²) in [6.07, 6.45) is -2.19. The fourth-order valence-electron chi connectivity index (χ4n) is 2.26. The maximum Gasteiger partial charge on any atom is 0.451 e. The van der Waals surface area contributed by atoms with Gasteiger partial charge in [0, 0.05) is 17.8 Å². The summed E-state index contributed by atoms with van der Waals surface area (Å²) in [6.45, 7) is 0. The third-order valence-electron chi connectivity index (χ3n) is 3.45. The molecule has 0 bridgehead atoms. The SMILES string of the molecule is Nc1cc(-c2ccncc2NC(=O)c2nc(Br)ccc2N)nc(C(F)(F)F)n1. The van der Waals surface area contributed by atoms with Gasteiger partial charge in [0.25, 0.3) is 5.91 Å². The highest BCUT2D eigenvalue weighted by Crippen LogP contribution is 2.32. The van der Waals surface area contributed by atoms with Gasteiger partial charge < -0.3 is 16.8 Å². The minimum atomic E-state index is -4.78. The molecule has 0 radical (unpaired) electrons. The van der Waals surface area contributed by atoms with Crippen molar-refractivity contribution in [2.45, 2.75) is 6.18 Å². The number of nitrogens with zero attached hydrogens (tertiary/aromatic N) is 4. The highest BCUT2D eigenvalue weighted by molar-refractivity contribution is 9.10. The van der Waals surface area contributed by atoms with Gasteiger partial charge in [0.15, 0.2) is 5.69 Å². The van der Waals surface area contributed by atoms with Crippen molar-refractivity contribution in [1.82, 2.24) is 19.9 Å². The van der Waals surface area contributed by atoms with Crippen LogP contribution in [0.5, 0.6) is 0 Å². The first-order valence-corrected chi connectivity index (χ1v) is 8.34. The highest BCUT2D eigenvalue weighted by atomic mass is 79.9. The van der Waals surface area contributed by atoms with Crippen LogP contribution in [0.15, 0.2) is 41.3 Å². The number of carbonyl (C=O) groups excluding carboxylic acids is 1.